The molecular weight excluding hydrogens is 298 g/mol. The van der Waals surface area contributed by atoms with Crippen molar-refractivity contribution < 1.29 is 4.79 Å². The Morgan fingerprint density at radius 1 is 1.17 bits per heavy atom. The van der Waals surface area contributed by atoms with Crippen LogP contribution >= 0.6 is 0 Å². The summed E-state index contributed by atoms with van der Waals surface area (Å²) >= 11 is 0. The fraction of sp³-hybridized carbons (Fsp3) is 0.400. The van der Waals surface area contributed by atoms with Gasteiger partial charge >= 0.3 is 0 Å². The first-order valence-electron chi connectivity index (χ1n) is 8.63. The number of amides is 1. The average Bonchev–Trinajstić information content (AvgIpc) is 2.60. The largest absolute Gasteiger partial charge is 0.370 e. The molecule has 1 heterocycles. The summed E-state index contributed by atoms with van der Waals surface area (Å²) in [6.07, 6.45) is 2.76. The van der Waals surface area contributed by atoms with Crippen LogP contribution in [0.4, 0.5) is 5.82 Å². The maximum atomic E-state index is 12.7. The quantitative estimate of drug-likeness (QED) is 0.791. The lowest BCUT2D eigenvalue weighted by Gasteiger charge is -2.21. The van der Waals surface area contributed by atoms with E-state index in [9.17, 15) is 4.79 Å². The molecule has 1 N–H and O–H groups in total. The number of benzene rings is 1. The molecule has 0 aliphatic rings. The van der Waals surface area contributed by atoms with Gasteiger partial charge in [0.25, 0.3) is 5.91 Å². The monoisotopic (exact) mass is 325 g/mol. The van der Waals surface area contributed by atoms with Crippen molar-refractivity contribution in [1.29, 1.82) is 0 Å². The van der Waals surface area contributed by atoms with Crippen molar-refractivity contribution in [3.63, 3.8) is 0 Å². The molecule has 0 spiro atoms. The van der Waals surface area contributed by atoms with Crippen molar-refractivity contribution in [3.05, 3.63) is 59.8 Å². The molecule has 1 amide bonds. The van der Waals surface area contributed by atoms with E-state index in [1.807, 2.05) is 54.3 Å². The van der Waals surface area contributed by atoms with Crippen molar-refractivity contribution in [3.8, 4) is 0 Å². The van der Waals surface area contributed by atoms with E-state index in [0.717, 1.165) is 24.3 Å². The first-order valence-corrected chi connectivity index (χ1v) is 8.63. The minimum atomic E-state index is 0.0163. The smallest absolute Gasteiger partial charge is 0.255 e. The second-order valence-electron chi connectivity index (χ2n) is 6.35. The van der Waals surface area contributed by atoms with Gasteiger partial charge in [-0.15, -0.1) is 0 Å². The van der Waals surface area contributed by atoms with Crippen LogP contribution in [0.25, 0.3) is 0 Å². The molecule has 4 nitrogen and oxygen atoms in total. The molecule has 0 saturated carbocycles. The molecule has 2 aromatic rings. The summed E-state index contributed by atoms with van der Waals surface area (Å²) in [6, 6.07) is 13.8. The molecule has 128 valence electrons. The van der Waals surface area contributed by atoms with E-state index >= 15 is 0 Å². The van der Waals surface area contributed by atoms with Gasteiger partial charge in [-0.1, -0.05) is 44.2 Å². The Kier molecular flexibility index (Phi) is 6.79. The van der Waals surface area contributed by atoms with E-state index < -0.39 is 0 Å². The van der Waals surface area contributed by atoms with E-state index in [2.05, 4.69) is 24.1 Å². The maximum absolute atomic E-state index is 12.7. The molecule has 0 saturated heterocycles. The third-order valence-corrected chi connectivity index (χ3v) is 3.92. The minimum Gasteiger partial charge on any atom is -0.370 e. The predicted octanol–water partition coefficient (Wildman–Crippen LogP) is 4.20. The van der Waals surface area contributed by atoms with Gasteiger partial charge in [0, 0.05) is 25.8 Å². The maximum Gasteiger partial charge on any atom is 0.255 e. The number of hydrogen-bond acceptors (Lipinski definition) is 3. The van der Waals surface area contributed by atoms with E-state index in [1.54, 1.807) is 6.20 Å². The van der Waals surface area contributed by atoms with Crippen LogP contribution in [0, 0.1) is 5.92 Å². The number of aromatic nitrogens is 1. The van der Waals surface area contributed by atoms with Crippen LogP contribution in [-0.4, -0.2) is 28.9 Å². The Bertz CT molecular complexity index is 623. The van der Waals surface area contributed by atoms with Crippen LogP contribution in [-0.2, 0) is 6.54 Å². The second kappa shape index (κ2) is 9.06. The average molecular weight is 325 g/mol. The molecule has 1 aromatic carbocycles. The number of anilines is 1. The number of nitrogens with zero attached hydrogens (tertiary/aromatic N) is 2. The van der Waals surface area contributed by atoms with Gasteiger partial charge in [-0.2, -0.15) is 0 Å². The van der Waals surface area contributed by atoms with Gasteiger partial charge in [0.15, 0.2) is 0 Å². The lowest BCUT2D eigenvalue weighted by Crippen LogP contribution is -2.30. The van der Waals surface area contributed by atoms with Crippen molar-refractivity contribution >= 4 is 11.7 Å². The Morgan fingerprint density at radius 3 is 2.50 bits per heavy atom. The van der Waals surface area contributed by atoms with Gasteiger partial charge < -0.3 is 10.2 Å². The molecule has 0 aliphatic heterocycles. The summed E-state index contributed by atoms with van der Waals surface area (Å²) in [5, 5.41) is 3.29. The Labute approximate surface area is 144 Å². The highest BCUT2D eigenvalue weighted by Crippen LogP contribution is 2.12. The zero-order valence-electron chi connectivity index (χ0n) is 14.8. The Balaban J connectivity index is 1.97. The van der Waals surface area contributed by atoms with Crippen molar-refractivity contribution in [2.75, 3.05) is 18.4 Å². The molecule has 0 fully saturated rings. The van der Waals surface area contributed by atoms with Crippen molar-refractivity contribution in [1.82, 2.24) is 9.88 Å². The topological polar surface area (TPSA) is 45.2 Å². The summed E-state index contributed by atoms with van der Waals surface area (Å²) in [6.45, 7) is 8.57. The van der Waals surface area contributed by atoms with Gasteiger partial charge in [-0.25, -0.2) is 4.98 Å². The van der Waals surface area contributed by atoms with Gasteiger partial charge in [0.1, 0.15) is 5.82 Å². The lowest BCUT2D eigenvalue weighted by atomic mass is 10.1. The van der Waals surface area contributed by atoms with Crippen LogP contribution in [0.2, 0.25) is 0 Å². The predicted molar refractivity (Wildman–Crippen MR) is 99.0 cm³/mol. The van der Waals surface area contributed by atoms with Gasteiger partial charge in [0.05, 0.1) is 5.56 Å². The third kappa shape index (κ3) is 5.37. The lowest BCUT2D eigenvalue weighted by molar-refractivity contribution is 0.0752. The fourth-order valence-electron chi connectivity index (χ4n) is 2.43. The second-order valence-corrected chi connectivity index (χ2v) is 6.35. The molecule has 0 radical (unpaired) electrons. The number of nitrogens with one attached hydrogen (secondary N) is 1. The molecule has 0 unspecified atom stereocenters. The van der Waals surface area contributed by atoms with E-state index in [-0.39, 0.29) is 5.91 Å². The summed E-state index contributed by atoms with van der Waals surface area (Å²) < 4.78 is 0. The molecule has 0 atom stereocenters. The first kappa shape index (κ1) is 18.0. The fourth-order valence-corrected chi connectivity index (χ4v) is 2.43. The number of rotatable bonds is 8. The van der Waals surface area contributed by atoms with Crippen molar-refractivity contribution in [2.45, 2.75) is 33.7 Å². The molecule has 0 aliphatic carbocycles. The van der Waals surface area contributed by atoms with Crippen LogP contribution in [0.3, 0.4) is 0 Å². The zero-order valence-corrected chi connectivity index (χ0v) is 14.8. The SMILES string of the molecule is CCN(Cc1ccccc1)C(=O)c1ccc(NCCC(C)C)nc1. The van der Waals surface area contributed by atoms with Gasteiger partial charge in [-0.05, 0) is 37.0 Å². The van der Waals surface area contributed by atoms with Crippen molar-refractivity contribution in [2.24, 2.45) is 5.92 Å². The highest BCUT2D eigenvalue weighted by atomic mass is 16.2. The molecule has 0 bridgehead atoms. The highest BCUT2D eigenvalue weighted by Gasteiger charge is 2.14. The highest BCUT2D eigenvalue weighted by molar-refractivity contribution is 5.94. The minimum absolute atomic E-state index is 0.0163. The standard InChI is InChI=1S/C20H27N3O/c1-4-23(15-17-8-6-5-7-9-17)20(24)18-10-11-19(22-14-18)21-13-12-16(2)3/h5-11,14,16H,4,12-13,15H2,1-3H3,(H,21,22). The molecule has 1 aromatic heterocycles. The Morgan fingerprint density at radius 2 is 1.92 bits per heavy atom. The van der Waals surface area contributed by atoms with Crippen LogP contribution < -0.4 is 5.32 Å². The van der Waals surface area contributed by atoms with E-state index in [4.69, 9.17) is 0 Å². The molecular formula is C20H27N3O. The van der Waals surface area contributed by atoms with Gasteiger partial charge in [0.2, 0.25) is 0 Å². The van der Waals surface area contributed by atoms with E-state index in [0.29, 0.717) is 24.6 Å². The number of hydrogen-bond donors (Lipinski definition) is 1. The summed E-state index contributed by atoms with van der Waals surface area (Å²) in [7, 11) is 0. The number of pyridine rings is 1. The zero-order chi connectivity index (χ0) is 17.4. The van der Waals surface area contributed by atoms with Crippen LogP contribution in [0.5, 0.6) is 0 Å². The molecule has 2 rings (SSSR count). The molecule has 24 heavy (non-hydrogen) atoms. The normalized spacial score (nSPS) is 10.7. The summed E-state index contributed by atoms with van der Waals surface area (Å²) in [5.41, 5.74) is 1.76. The number of carbonyl (C=O) groups is 1. The van der Waals surface area contributed by atoms with E-state index in [1.165, 1.54) is 0 Å². The Hall–Kier alpha value is -2.36. The summed E-state index contributed by atoms with van der Waals surface area (Å²) in [5.74, 6) is 1.50. The molecule has 4 heteroatoms. The number of carbonyl (C=O) groups excluding carboxylic acids is 1. The summed E-state index contributed by atoms with van der Waals surface area (Å²) in [4.78, 5) is 18.9. The first-order chi connectivity index (χ1) is 11.6. The third-order valence-electron chi connectivity index (χ3n) is 3.92. The van der Waals surface area contributed by atoms with Crippen LogP contribution in [0.15, 0.2) is 48.7 Å². The van der Waals surface area contributed by atoms with Gasteiger partial charge in [-0.3, -0.25) is 4.79 Å². The van der Waals surface area contributed by atoms with Crippen LogP contribution in [0.1, 0.15) is 43.1 Å².